The lowest BCUT2D eigenvalue weighted by Crippen LogP contribution is -2.03. The van der Waals surface area contributed by atoms with Gasteiger partial charge in [-0.2, -0.15) is 0 Å². The molecule has 20 heavy (non-hydrogen) atoms. The summed E-state index contributed by atoms with van der Waals surface area (Å²) in [5, 5.41) is 0.730. The first-order chi connectivity index (χ1) is 9.69. The molecule has 0 fully saturated rings. The van der Waals surface area contributed by atoms with Crippen LogP contribution >= 0.6 is 27.5 Å². The van der Waals surface area contributed by atoms with Crippen molar-refractivity contribution >= 4 is 27.5 Å². The van der Waals surface area contributed by atoms with Crippen molar-refractivity contribution in [2.45, 2.75) is 19.4 Å². The molecule has 0 aromatic heterocycles. The molecule has 0 bridgehead atoms. The van der Waals surface area contributed by atoms with E-state index < -0.39 is 0 Å². The predicted molar refractivity (Wildman–Crippen MR) is 87.3 cm³/mol. The van der Waals surface area contributed by atoms with E-state index in [1.54, 1.807) is 0 Å². The van der Waals surface area contributed by atoms with Crippen molar-refractivity contribution in [3.8, 4) is 5.75 Å². The van der Waals surface area contributed by atoms with E-state index in [2.05, 4.69) is 15.9 Å². The Kier molecular flexibility index (Phi) is 5.89. The average Bonchev–Trinajstić information content (AvgIpc) is 2.46. The maximum absolute atomic E-state index is 6.04. The number of aryl methyl sites for hydroxylation is 1. The van der Waals surface area contributed by atoms with E-state index in [1.165, 1.54) is 0 Å². The molecule has 0 aliphatic carbocycles. The molecule has 2 aromatic rings. The summed E-state index contributed by atoms with van der Waals surface area (Å²) in [5.74, 6) is 0.880. The maximum atomic E-state index is 6.04. The van der Waals surface area contributed by atoms with Crippen LogP contribution in [0.4, 0.5) is 0 Å². The minimum Gasteiger partial charge on any atom is -0.489 e. The maximum Gasteiger partial charge on any atom is 0.123 e. The standard InChI is InChI=1S/C16H17BrClNO/c17-14-5-3-12(4-6-14)11-20-16-8-7-15(18)10-13(16)2-1-9-19/h3-8,10H,1-2,9,11,19H2. The third-order valence-electron chi connectivity index (χ3n) is 2.98. The highest BCUT2D eigenvalue weighted by Crippen LogP contribution is 2.25. The highest BCUT2D eigenvalue weighted by molar-refractivity contribution is 9.10. The van der Waals surface area contributed by atoms with Gasteiger partial charge in [0.15, 0.2) is 0 Å². The van der Waals surface area contributed by atoms with Crippen LogP contribution in [0.3, 0.4) is 0 Å². The first-order valence-corrected chi connectivity index (χ1v) is 7.72. The number of rotatable bonds is 6. The molecule has 0 saturated heterocycles. The fourth-order valence-corrected chi connectivity index (χ4v) is 2.38. The van der Waals surface area contributed by atoms with Crippen LogP contribution in [0.5, 0.6) is 5.75 Å². The van der Waals surface area contributed by atoms with Crippen molar-refractivity contribution in [1.82, 2.24) is 0 Å². The fourth-order valence-electron chi connectivity index (χ4n) is 1.92. The van der Waals surface area contributed by atoms with Gasteiger partial charge >= 0.3 is 0 Å². The second kappa shape index (κ2) is 7.67. The van der Waals surface area contributed by atoms with Gasteiger partial charge in [-0.25, -0.2) is 0 Å². The van der Waals surface area contributed by atoms with Crippen LogP contribution in [0.25, 0.3) is 0 Å². The first-order valence-electron chi connectivity index (χ1n) is 6.55. The Balaban J connectivity index is 2.06. The lowest BCUT2D eigenvalue weighted by Gasteiger charge is -2.12. The molecule has 0 unspecified atom stereocenters. The quantitative estimate of drug-likeness (QED) is 0.824. The Morgan fingerprint density at radius 1 is 1.10 bits per heavy atom. The molecule has 0 radical (unpaired) electrons. The fraction of sp³-hybridized carbons (Fsp3) is 0.250. The topological polar surface area (TPSA) is 35.2 Å². The van der Waals surface area contributed by atoms with E-state index in [1.807, 2.05) is 42.5 Å². The van der Waals surface area contributed by atoms with Crippen LogP contribution in [-0.4, -0.2) is 6.54 Å². The minimum atomic E-state index is 0.546. The van der Waals surface area contributed by atoms with Crippen molar-refractivity contribution in [3.63, 3.8) is 0 Å². The first kappa shape index (κ1) is 15.4. The third kappa shape index (κ3) is 4.51. The van der Waals surface area contributed by atoms with Gasteiger partial charge in [-0.05, 0) is 60.8 Å². The van der Waals surface area contributed by atoms with Gasteiger partial charge in [0.2, 0.25) is 0 Å². The number of hydrogen-bond donors (Lipinski definition) is 1. The van der Waals surface area contributed by atoms with Crippen LogP contribution in [0.15, 0.2) is 46.9 Å². The molecular weight excluding hydrogens is 338 g/mol. The van der Waals surface area contributed by atoms with Gasteiger partial charge in [0, 0.05) is 9.50 Å². The van der Waals surface area contributed by atoms with Gasteiger partial charge in [0.05, 0.1) is 0 Å². The number of benzene rings is 2. The summed E-state index contributed by atoms with van der Waals surface area (Å²) in [4.78, 5) is 0. The molecule has 0 spiro atoms. The molecule has 2 N–H and O–H groups in total. The lowest BCUT2D eigenvalue weighted by molar-refractivity contribution is 0.302. The summed E-state index contributed by atoms with van der Waals surface area (Å²) in [6.45, 7) is 1.21. The van der Waals surface area contributed by atoms with Gasteiger partial charge < -0.3 is 10.5 Å². The summed E-state index contributed by atoms with van der Waals surface area (Å²) in [6, 6.07) is 13.8. The van der Waals surface area contributed by atoms with Crippen molar-refractivity contribution in [1.29, 1.82) is 0 Å². The van der Waals surface area contributed by atoms with Crippen LogP contribution in [0.1, 0.15) is 17.5 Å². The number of hydrogen-bond acceptors (Lipinski definition) is 2. The number of ether oxygens (including phenoxy) is 1. The number of nitrogens with two attached hydrogens (primary N) is 1. The Labute approximate surface area is 133 Å². The van der Waals surface area contributed by atoms with Gasteiger partial charge in [-0.1, -0.05) is 39.7 Å². The normalized spacial score (nSPS) is 10.6. The van der Waals surface area contributed by atoms with E-state index in [9.17, 15) is 0 Å². The van der Waals surface area contributed by atoms with Crippen molar-refractivity contribution in [2.75, 3.05) is 6.54 Å². The highest BCUT2D eigenvalue weighted by atomic mass is 79.9. The van der Waals surface area contributed by atoms with E-state index in [4.69, 9.17) is 22.1 Å². The largest absolute Gasteiger partial charge is 0.489 e. The molecule has 106 valence electrons. The number of halogens is 2. The van der Waals surface area contributed by atoms with Gasteiger partial charge in [-0.3, -0.25) is 0 Å². The van der Waals surface area contributed by atoms with E-state index in [0.717, 1.165) is 39.2 Å². The smallest absolute Gasteiger partial charge is 0.123 e. The molecule has 0 aliphatic rings. The summed E-state index contributed by atoms with van der Waals surface area (Å²) in [5.41, 5.74) is 7.81. The van der Waals surface area contributed by atoms with E-state index >= 15 is 0 Å². The second-order valence-corrected chi connectivity index (χ2v) is 5.91. The van der Waals surface area contributed by atoms with Crippen molar-refractivity contribution < 1.29 is 4.74 Å². The molecule has 0 heterocycles. The second-order valence-electron chi connectivity index (χ2n) is 4.56. The van der Waals surface area contributed by atoms with Crippen LogP contribution < -0.4 is 10.5 Å². The Hall–Kier alpha value is -1.03. The van der Waals surface area contributed by atoms with Crippen molar-refractivity contribution in [2.24, 2.45) is 5.73 Å². The third-order valence-corrected chi connectivity index (χ3v) is 3.74. The SMILES string of the molecule is NCCCc1cc(Cl)ccc1OCc1ccc(Br)cc1. The Bertz CT molecular complexity index is 557. The van der Waals surface area contributed by atoms with E-state index in [0.29, 0.717) is 13.2 Å². The molecule has 0 saturated carbocycles. The zero-order valence-corrected chi connectivity index (χ0v) is 13.5. The van der Waals surface area contributed by atoms with Crippen LogP contribution in [-0.2, 0) is 13.0 Å². The van der Waals surface area contributed by atoms with E-state index in [-0.39, 0.29) is 0 Å². The zero-order valence-electron chi connectivity index (χ0n) is 11.1. The monoisotopic (exact) mass is 353 g/mol. The Morgan fingerprint density at radius 2 is 1.85 bits per heavy atom. The molecule has 2 aromatic carbocycles. The molecule has 0 aliphatic heterocycles. The van der Waals surface area contributed by atoms with Gasteiger partial charge in [0.25, 0.3) is 0 Å². The minimum absolute atomic E-state index is 0.546. The molecular formula is C16H17BrClNO. The average molecular weight is 355 g/mol. The lowest BCUT2D eigenvalue weighted by atomic mass is 10.1. The molecule has 2 rings (SSSR count). The Morgan fingerprint density at radius 3 is 2.55 bits per heavy atom. The van der Waals surface area contributed by atoms with Crippen LogP contribution in [0, 0.1) is 0 Å². The zero-order chi connectivity index (χ0) is 14.4. The summed E-state index contributed by atoms with van der Waals surface area (Å²) < 4.78 is 6.97. The molecule has 2 nitrogen and oxygen atoms in total. The summed E-state index contributed by atoms with van der Waals surface area (Å²) >= 11 is 9.46. The molecule has 0 amide bonds. The van der Waals surface area contributed by atoms with Gasteiger partial charge in [0.1, 0.15) is 12.4 Å². The van der Waals surface area contributed by atoms with Crippen LogP contribution in [0.2, 0.25) is 5.02 Å². The van der Waals surface area contributed by atoms with Gasteiger partial charge in [-0.15, -0.1) is 0 Å². The molecule has 0 atom stereocenters. The highest BCUT2D eigenvalue weighted by Gasteiger charge is 2.05. The molecule has 4 heteroatoms. The predicted octanol–water partition coefficient (Wildman–Crippen LogP) is 4.57. The summed E-state index contributed by atoms with van der Waals surface area (Å²) in [7, 11) is 0. The van der Waals surface area contributed by atoms with Crippen molar-refractivity contribution in [3.05, 3.63) is 63.1 Å². The summed E-state index contributed by atoms with van der Waals surface area (Å²) in [6.07, 6.45) is 1.81.